The van der Waals surface area contributed by atoms with Crippen LogP contribution >= 0.6 is 11.6 Å². The summed E-state index contributed by atoms with van der Waals surface area (Å²) in [6.45, 7) is 0.301. The normalized spacial score (nSPS) is 20.1. The zero-order valence-corrected chi connectivity index (χ0v) is 12.3. The third-order valence-electron chi connectivity index (χ3n) is 3.14. The molecule has 0 spiro atoms. The molecule has 0 aromatic heterocycles. The molecule has 0 bridgehead atoms. The van der Waals surface area contributed by atoms with Gasteiger partial charge in [0.1, 0.15) is 6.04 Å². The van der Waals surface area contributed by atoms with Gasteiger partial charge in [-0.05, 0) is 25.0 Å². The molecule has 1 amide bonds. The number of nitrogens with zero attached hydrogens (tertiary/aromatic N) is 1. The van der Waals surface area contributed by atoms with E-state index in [-0.39, 0.29) is 10.7 Å². The SMILES string of the molecule is CS(=O)(=O)N1CCCC1C(=O)Nc1cccc(Cl)c1F. The van der Waals surface area contributed by atoms with E-state index in [1.54, 1.807) is 0 Å². The summed E-state index contributed by atoms with van der Waals surface area (Å²) < 4.78 is 38.0. The first-order valence-corrected chi connectivity index (χ1v) is 8.25. The van der Waals surface area contributed by atoms with Crippen LogP contribution in [-0.2, 0) is 14.8 Å². The Morgan fingerprint density at radius 2 is 2.20 bits per heavy atom. The van der Waals surface area contributed by atoms with Crippen molar-refractivity contribution in [2.45, 2.75) is 18.9 Å². The summed E-state index contributed by atoms with van der Waals surface area (Å²) in [6.07, 6.45) is 2.07. The minimum Gasteiger partial charge on any atom is -0.322 e. The first-order valence-electron chi connectivity index (χ1n) is 6.02. The summed E-state index contributed by atoms with van der Waals surface area (Å²) in [6, 6.07) is 3.44. The van der Waals surface area contributed by atoms with Gasteiger partial charge < -0.3 is 5.32 Å². The lowest BCUT2D eigenvalue weighted by Crippen LogP contribution is -2.42. The number of rotatable bonds is 3. The average molecular weight is 321 g/mol. The fourth-order valence-corrected chi connectivity index (χ4v) is 3.51. The van der Waals surface area contributed by atoms with Crippen molar-refractivity contribution in [3.8, 4) is 0 Å². The Kier molecular flexibility index (Phi) is 4.31. The second-order valence-electron chi connectivity index (χ2n) is 4.62. The lowest BCUT2D eigenvalue weighted by atomic mass is 10.2. The molecule has 1 unspecified atom stereocenters. The summed E-state index contributed by atoms with van der Waals surface area (Å²) >= 11 is 5.63. The minimum atomic E-state index is -3.45. The molecule has 1 saturated heterocycles. The number of sulfonamides is 1. The third-order valence-corrected chi connectivity index (χ3v) is 4.72. The molecule has 2 rings (SSSR count). The summed E-state index contributed by atoms with van der Waals surface area (Å²) in [4.78, 5) is 12.1. The van der Waals surface area contributed by atoms with Crippen LogP contribution in [0.5, 0.6) is 0 Å². The molecule has 0 saturated carbocycles. The smallest absolute Gasteiger partial charge is 0.242 e. The standard InChI is InChI=1S/C12H14ClFN2O3S/c1-20(18,19)16-7-3-6-10(16)12(17)15-9-5-2-4-8(13)11(9)14/h2,4-5,10H,3,6-7H2,1H3,(H,15,17). The summed E-state index contributed by atoms with van der Waals surface area (Å²) in [5, 5.41) is 2.29. The molecule has 1 aliphatic heterocycles. The van der Waals surface area contributed by atoms with E-state index in [4.69, 9.17) is 11.6 Å². The fourth-order valence-electron chi connectivity index (χ4n) is 2.22. The van der Waals surface area contributed by atoms with Crippen molar-refractivity contribution in [1.82, 2.24) is 4.31 Å². The van der Waals surface area contributed by atoms with Crippen molar-refractivity contribution in [1.29, 1.82) is 0 Å². The summed E-state index contributed by atoms with van der Waals surface area (Å²) in [5.41, 5.74) is -0.0529. The van der Waals surface area contributed by atoms with E-state index in [2.05, 4.69) is 5.32 Å². The van der Waals surface area contributed by atoms with E-state index in [1.165, 1.54) is 18.2 Å². The Labute approximate surface area is 121 Å². The van der Waals surface area contributed by atoms with E-state index < -0.39 is 27.8 Å². The van der Waals surface area contributed by atoms with Crippen molar-refractivity contribution in [3.05, 3.63) is 29.0 Å². The molecule has 0 aliphatic carbocycles. The summed E-state index contributed by atoms with van der Waals surface area (Å²) in [7, 11) is -3.45. The fraction of sp³-hybridized carbons (Fsp3) is 0.417. The molecule has 1 atom stereocenters. The van der Waals surface area contributed by atoms with Gasteiger partial charge in [0.25, 0.3) is 0 Å². The number of carbonyl (C=O) groups excluding carboxylic acids is 1. The van der Waals surface area contributed by atoms with Gasteiger partial charge in [-0.1, -0.05) is 17.7 Å². The number of halogens is 2. The number of hydrogen-bond acceptors (Lipinski definition) is 3. The van der Waals surface area contributed by atoms with Gasteiger partial charge >= 0.3 is 0 Å². The molecule has 8 heteroatoms. The highest BCUT2D eigenvalue weighted by atomic mass is 35.5. The molecule has 0 radical (unpaired) electrons. The number of hydrogen-bond donors (Lipinski definition) is 1. The Morgan fingerprint density at radius 3 is 2.85 bits per heavy atom. The Balaban J connectivity index is 2.18. The van der Waals surface area contributed by atoms with E-state index in [0.717, 1.165) is 10.6 Å². The molecule has 1 N–H and O–H groups in total. The first-order chi connectivity index (χ1) is 9.30. The first kappa shape index (κ1) is 15.2. The maximum absolute atomic E-state index is 13.7. The van der Waals surface area contributed by atoms with Crippen molar-refractivity contribution in [2.24, 2.45) is 0 Å². The maximum atomic E-state index is 13.7. The quantitative estimate of drug-likeness (QED) is 0.924. The lowest BCUT2D eigenvalue weighted by molar-refractivity contribution is -0.119. The zero-order chi connectivity index (χ0) is 14.9. The van der Waals surface area contributed by atoms with E-state index in [9.17, 15) is 17.6 Å². The molecule has 1 fully saturated rings. The van der Waals surface area contributed by atoms with Gasteiger partial charge in [-0.25, -0.2) is 12.8 Å². The van der Waals surface area contributed by atoms with Gasteiger partial charge in [-0.2, -0.15) is 4.31 Å². The van der Waals surface area contributed by atoms with Gasteiger partial charge in [-0.15, -0.1) is 0 Å². The van der Waals surface area contributed by atoms with Crippen LogP contribution in [0.1, 0.15) is 12.8 Å². The number of nitrogens with one attached hydrogen (secondary N) is 1. The molecule has 1 heterocycles. The molecular weight excluding hydrogens is 307 g/mol. The second kappa shape index (κ2) is 5.67. The van der Waals surface area contributed by atoms with Gasteiger partial charge in [-0.3, -0.25) is 4.79 Å². The molecular formula is C12H14ClFN2O3S. The summed E-state index contributed by atoms with van der Waals surface area (Å²) in [5.74, 6) is -1.28. The molecule has 1 aromatic rings. The number of amides is 1. The van der Waals surface area contributed by atoms with E-state index in [1.807, 2.05) is 0 Å². The number of benzene rings is 1. The van der Waals surface area contributed by atoms with E-state index >= 15 is 0 Å². The van der Waals surface area contributed by atoms with Gasteiger partial charge in [0.2, 0.25) is 15.9 Å². The molecule has 20 heavy (non-hydrogen) atoms. The van der Waals surface area contributed by atoms with Crippen LogP contribution in [0.3, 0.4) is 0 Å². The van der Waals surface area contributed by atoms with Gasteiger partial charge in [0.05, 0.1) is 17.0 Å². The van der Waals surface area contributed by atoms with Crippen LogP contribution < -0.4 is 5.32 Å². The maximum Gasteiger partial charge on any atom is 0.242 e. The van der Waals surface area contributed by atoms with E-state index in [0.29, 0.717) is 19.4 Å². The molecule has 110 valence electrons. The average Bonchev–Trinajstić information content (AvgIpc) is 2.84. The highest BCUT2D eigenvalue weighted by Crippen LogP contribution is 2.25. The Bertz CT molecular complexity index is 636. The Hall–Kier alpha value is -1.18. The number of carbonyl (C=O) groups is 1. The predicted molar refractivity (Wildman–Crippen MR) is 74.6 cm³/mol. The molecule has 5 nitrogen and oxygen atoms in total. The van der Waals surface area contributed by atoms with Crippen LogP contribution in [0.2, 0.25) is 5.02 Å². The predicted octanol–water partition coefficient (Wildman–Crippen LogP) is 1.84. The minimum absolute atomic E-state index is 0.0529. The largest absolute Gasteiger partial charge is 0.322 e. The number of anilines is 1. The topological polar surface area (TPSA) is 66.5 Å². The van der Waals surface area contributed by atoms with Crippen LogP contribution in [0.15, 0.2) is 18.2 Å². The lowest BCUT2D eigenvalue weighted by Gasteiger charge is -2.21. The third kappa shape index (κ3) is 3.11. The van der Waals surface area contributed by atoms with Crippen molar-refractivity contribution < 1.29 is 17.6 Å². The highest BCUT2D eigenvalue weighted by molar-refractivity contribution is 7.88. The molecule has 1 aliphatic rings. The van der Waals surface area contributed by atoms with Crippen molar-refractivity contribution >= 4 is 33.2 Å². The monoisotopic (exact) mass is 320 g/mol. The van der Waals surface area contributed by atoms with Crippen LogP contribution in [0.25, 0.3) is 0 Å². The van der Waals surface area contributed by atoms with Gasteiger partial charge in [0.15, 0.2) is 5.82 Å². The Morgan fingerprint density at radius 1 is 1.50 bits per heavy atom. The van der Waals surface area contributed by atoms with Crippen LogP contribution in [0.4, 0.5) is 10.1 Å². The van der Waals surface area contributed by atoms with Crippen LogP contribution in [0, 0.1) is 5.82 Å². The van der Waals surface area contributed by atoms with Crippen molar-refractivity contribution in [2.75, 3.05) is 18.1 Å². The highest BCUT2D eigenvalue weighted by Gasteiger charge is 2.36. The molecule has 1 aromatic carbocycles. The van der Waals surface area contributed by atoms with Crippen LogP contribution in [-0.4, -0.2) is 37.5 Å². The zero-order valence-electron chi connectivity index (χ0n) is 10.8. The van der Waals surface area contributed by atoms with Gasteiger partial charge in [0, 0.05) is 6.54 Å². The van der Waals surface area contributed by atoms with Crippen molar-refractivity contribution in [3.63, 3.8) is 0 Å². The second-order valence-corrected chi connectivity index (χ2v) is 6.96.